The number of piperidine rings is 1. The largest absolute Gasteiger partial charge is 0.366 e. The van der Waals surface area contributed by atoms with E-state index in [1.165, 1.54) is 6.42 Å². The summed E-state index contributed by atoms with van der Waals surface area (Å²) in [6.07, 6.45) is 2.34. The van der Waals surface area contributed by atoms with Gasteiger partial charge >= 0.3 is 0 Å². The van der Waals surface area contributed by atoms with Crippen LogP contribution in [0.1, 0.15) is 30.1 Å². The first-order valence-corrected chi connectivity index (χ1v) is 7.08. The first kappa shape index (κ1) is 14.2. The lowest BCUT2D eigenvalue weighted by Gasteiger charge is -2.36. The second-order valence-corrected chi connectivity index (χ2v) is 5.22. The van der Waals surface area contributed by atoms with Crippen molar-refractivity contribution in [1.82, 2.24) is 5.32 Å². The summed E-state index contributed by atoms with van der Waals surface area (Å²) in [4.78, 5) is 13.4. The second kappa shape index (κ2) is 6.26. The van der Waals surface area contributed by atoms with Gasteiger partial charge in [0.25, 0.3) is 0 Å². The standard InChI is InChI=1S/C14H20ClN3O/c1-2-18(11-4-3-7-17-9-11)13-6-5-10(14(16)19)8-12(13)15/h5-6,8,11,17H,2-4,7,9H2,1H3,(H2,16,19). The van der Waals surface area contributed by atoms with Crippen molar-refractivity contribution in [2.45, 2.75) is 25.8 Å². The molecule has 1 aliphatic rings. The van der Waals surface area contributed by atoms with E-state index >= 15 is 0 Å². The summed E-state index contributed by atoms with van der Waals surface area (Å²) in [5.41, 5.74) is 6.69. The van der Waals surface area contributed by atoms with Crippen molar-refractivity contribution < 1.29 is 4.79 Å². The number of halogens is 1. The number of carbonyl (C=O) groups is 1. The van der Waals surface area contributed by atoms with Crippen molar-refractivity contribution in [3.8, 4) is 0 Å². The molecule has 1 atom stereocenters. The number of benzene rings is 1. The molecule has 5 heteroatoms. The average molecular weight is 282 g/mol. The molecule has 1 amide bonds. The van der Waals surface area contributed by atoms with Crippen molar-refractivity contribution in [2.24, 2.45) is 5.73 Å². The van der Waals surface area contributed by atoms with Gasteiger partial charge in [-0.3, -0.25) is 4.79 Å². The third-order valence-corrected chi connectivity index (χ3v) is 3.90. The Labute approximate surface area is 118 Å². The van der Waals surface area contributed by atoms with Crippen LogP contribution in [0.3, 0.4) is 0 Å². The molecule has 1 heterocycles. The summed E-state index contributed by atoms with van der Waals surface area (Å²) in [5, 5.41) is 4.00. The Kier molecular flexibility index (Phi) is 4.66. The predicted molar refractivity (Wildman–Crippen MR) is 78.9 cm³/mol. The van der Waals surface area contributed by atoms with Crippen LogP contribution in [0.4, 0.5) is 5.69 Å². The molecule has 1 unspecified atom stereocenters. The van der Waals surface area contributed by atoms with Crippen LogP contribution in [0.5, 0.6) is 0 Å². The van der Waals surface area contributed by atoms with Crippen LogP contribution < -0.4 is 16.0 Å². The zero-order valence-electron chi connectivity index (χ0n) is 11.2. The molecule has 1 fully saturated rings. The lowest BCUT2D eigenvalue weighted by atomic mass is 10.0. The monoisotopic (exact) mass is 281 g/mol. The van der Waals surface area contributed by atoms with E-state index in [2.05, 4.69) is 17.1 Å². The highest BCUT2D eigenvalue weighted by molar-refractivity contribution is 6.33. The van der Waals surface area contributed by atoms with Crippen LogP contribution in [0.2, 0.25) is 5.02 Å². The molecule has 1 aromatic rings. The molecular weight excluding hydrogens is 262 g/mol. The number of nitrogens with one attached hydrogen (secondary N) is 1. The fourth-order valence-corrected chi connectivity index (χ4v) is 2.91. The first-order chi connectivity index (χ1) is 9.13. The van der Waals surface area contributed by atoms with E-state index in [0.717, 1.165) is 31.7 Å². The third kappa shape index (κ3) is 3.19. The molecule has 0 radical (unpaired) electrons. The highest BCUT2D eigenvalue weighted by Gasteiger charge is 2.21. The van der Waals surface area contributed by atoms with Gasteiger partial charge in [0.2, 0.25) is 5.91 Å². The Morgan fingerprint density at radius 3 is 2.89 bits per heavy atom. The van der Waals surface area contributed by atoms with E-state index < -0.39 is 5.91 Å². The van der Waals surface area contributed by atoms with Crippen molar-refractivity contribution in [2.75, 3.05) is 24.5 Å². The number of likely N-dealkylation sites (N-methyl/N-ethyl adjacent to an activating group) is 1. The van der Waals surface area contributed by atoms with Gasteiger partial charge in [-0.25, -0.2) is 0 Å². The molecule has 0 spiro atoms. The minimum Gasteiger partial charge on any atom is -0.366 e. The first-order valence-electron chi connectivity index (χ1n) is 6.70. The number of rotatable bonds is 4. The van der Waals surface area contributed by atoms with E-state index in [1.54, 1.807) is 12.1 Å². The Hall–Kier alpha value is -1.26. The van der Waals surface area contributed by atoms with Crippen molar-refractivity contribution >= 4 is 23.2 Å². The number of nitrogens with zero attached hydrogens (tertiary/aromatic N) is 1. The van der Waals surface area contributed by atoms with Crippen molar-refractivity contribution in [1.29, 1.82) is 0 Å². The Balaban J connectivity index is 2.24. The molecule has 0 aromatic heterocycles. The van der Waals surface area contributed by atoms with Gasteiger partial charge < -0.3 is 16.0 Å². The summed E-state index contributed by atoms with van der Waals surface area (Å²) < 4.78 is 0. The summed E-state index contributed by atoms with van der Waals surface area (Å²) in [6.45, 7) is 5.07. The van der Waals surface area contributed by atoms with Gasteiger partial charge in [0.15, 0.2) is 0 Å². The smallest absolute Gasteiger partial charge is 0.248 e. The average Bonchev–Trinajstić information content (AvgIpc) is 2.42. The maximum atomic E-state index is 11.1. The number of primary amides is 1. The van der Waals surface area contributed by atoms with Crippen LogP contribution in [0.25, 0.3) is 0 Å². The van der Waals surface area contributed by atoms with E-state index in [-0.39, 0.29) is 0 Å². The molecule has 0 aliphatic carbocycles. The lowest BCUT2D eigenvalue weighted by molar-refractivity contribution is 0.100. The zero-order chi connectivity index (χ0) is 13.8. The summed E-state index contributed by atoms with van der Waals surface area (Å²) in [7, 11) is 0. The normalized spacial score (nSPS) is 19.2. The second-order valence-electron chi connectivity index (χ2n) is 4.82. The molecule has 3 N–H and O–H groups in total. The highest BCUT2D eigenvalue weighted by Crippen LogP contribution is 2.29. The van der Waals surface area contributed by atoms with Gasteiger partial charge in [0.1, 0.15) is 0 Å². The SMILES string of the molecule is CCN(c1ccc(C(N)=O)cc1Cl)C1CCCNC1. The van der Waals surface area contributed by atoms with E-state index in [9.17, 15) is 4.79 Å². The summed E-state index contributed by atoms with van der Waals surface area (Å²) in [5.74, 6) is -0.448. The molecule has 19 heavy (non-hydrogen) atoms. The minimum absolute atomic E-state index is 0.448. The topological polar surface area (TPSA) is 58.4 Å². The molecule has 0 bridgehead atoms. The minimum atomic E-state index is -0.448. The van der Waals surface area contributed by atoms with Crippen LogP contribution >= 0.6 is 11.6 Å². The fraction of sp³-hybridized carbons (Fsp3) is 0.500. The molecular formula is C14H20ClN3O. The Morgan fingerprint density at radius 2 is 2.37 bits per heavy atom. The quantitative estimate of drug-likeness (QED) is 0.888. The number of hydrogen-bond donors (Lipinski definition) is 2. The van der Waals surface area contributed by atoms with E-state index in [1.807, 2.05) is 6.07 Å². The van der Waals surface area contributed by atoms with Gasteiger partial charge in [-0.05, 0) is 44.5 Å². The predicted octanol–water partition coefficient (Wildman–Crippen LogP) is 2.02. The van der Waals surface area contributed by atoms with Crippen LogP contribution in [0.15, 0.2) is 18.2 Å². The number of amides is 1. The van der Waals surface area contributed by atoms with Gasteiger partial charge in [-0.2, -0.15) is 0 Å². The molecule has 1 aromatic carbocycles. The number of hydrogen-bond acceptors (Lipinski definition) is 3. The molecule has 1 saturated heterocycles. The summed E-state index contributed by atoms with van der Waals surface area (Å²) in [6, 6.07) is 5.73. The zero-order valence-corrected chi connectivity index (χ0v) is 11.9. The molecule has 0 saturated carbocycles. The molecule has 104 valence electrons. The van der Waals surface area contributed by atoms with Gasteiger partial charge in [0.05, 0.1) is 10.7 Å². The molecule has 2 rings (SSSR count). The van der Waals surface area contributed by atoms with Crippen LogP contribution in [-0.4, -0.2) is 31.6 Å². The van der Waals surface area contributed by atoms with E-state index in [4.69, 9.17) is 17.3 Å². The third-order valence-electron chi connectivity index (χ3n) is 3.59. The highest BCUT2D eigenvalue weighted by atomic mass is 35.5. The van der Waals surface area contributed by atoms with Gasteiger partial charge in [0, 0.05) is 24.7 Å². The maximum absolute atomic E-state index is 11.1. The van der Waals surface area contributed by atoms with Gasteiger partial charge in [-0.1, -0.05) is 11.6 Å². The Morgan fingerprint density at radius 1 is 1.58 bits per heavy atom. The summed E-state index contributed by atoms with van der Waals surface area (Å²) >= 11 is 6.30. The van der Waals surface area contributed by atoms with Crippen LogP contribution in [0, 0.1) is 0 Å². The fourth-order valence-electron chi connectivity index (χ4n) is 2.62. The lowest BCUT2D eigenvalue weighted by Crippen LogP contribution is -2.46. The maximum Gasteiger partial charge on any atom is 0.248 e. The van der Waals surface area contributed by atoms with E-state index in [0.29, 0.717) is 16.6 Å². The number of nitrogens with two attached hydrogens (primary N) is 1. The number of carbonyl (C=O) groups excluding carboxylic acids is 1. The van der Waals surface area contributed by atoms with Crippen LogP contribution in [-0.2, 0) is 0 Å². The van der Waals surface area contributed by atoms with Crippen molar-refractivity contribution in [3.05, 3.63) is 28.8 Å². The Bertz CT molecular complexity index is 458. The number of anilines is 1. The van der Waals surface area contributed by atoms with Crippen molar-refractivity contribution in [3.63, 3.8) is 0 Å². The molecule has 1 aliphatic heterocycles. The van der Waals surface area contributed by atoms with Gasteiger partial charge in [-0.15, -0.1) is 0 Å². The molecule has 4 nitrogen and oxygen atoms in total.